The zero-order chi connectivity index (χ0) is 24.2. The molecule has 4 nitrogen and oxygen atoms in total. The van der Waals surface area contributed by atoms with E-state index in [9.17, 15) is 9.18 Å². The van der Waals surface area contributed by atoms with Crippen LogP contribution in [0.15, 0.2) is 103 Å². The molecule has 0 bridgehead atoms. The molecule has 4 aromatic carbocycles. The maximum atomic E-state index is 13.6. The van der Waals surface area contributed by atoms with Gasteiger partial charge < -0.3 is 10.1 Å². The lowest BCUT2D eigenvalue weighted by Crippen LogP contribution is -2.23. The lowest BCUT2D eigenvalue weighted by molar-refractivity contribution is 0.0951. The third-order valence-corrected chi connectivity index (χ3v) is 6.01. The van der Waals surface area contributed by atoms with E-state index in [1.165, 1.54) is 12.1 Å². The molecule has 1 heterocycles. The van der Waals surface area contributed by atoms with Crippen LogP contribution >= 0.6 is 0 Å². The molecule has 1 N–H and O–H groups in total. The van der Waals surface area contributed by atoms with E-state index in [0.29, 0.717) is 12.1 Å². The van der Waals surface area contributed by atoms with Crippen LogP contribution in [0.25, 0.3) is 33.0 Å². The molecule has 5 heteroatoms. The van der Waals surface area contributed by atoms with Crippen LogP contribution in [0.5, 0.6) is 5.75 Å². The molecule has 0 saturated carbocycles. The number of nitrogens with one attached hydrogen (secondary N) is 1. The van der Waals surface area contributed by atoms with Crippen molar-refractivity contribution in [1.29, 1.82) is 0 Å². The van der Waals surface area contributed by atoms with Crippen LogP contribution in [-0.2, 0) is 6.54 Å². The molecule has 35 heavy (non-hydrogen) atoms. The van der Waals surface area contributed by atoms with E-state index in [2.05, 4.69) is 16.4 Å². The molecule has 0 saturated heterocycles. The summed E-state index contributed by atoms with van der Waals surface area (Å²) in [4.78, 5) is 17.3. The summed E-state index contributed by atoms with van der Waals surface area (Å²) >= 11 is 0. The fourth-order valence-corrected chi connectivity index (χ4v) is 4.23. The number of carbonyl (C=O) groups is 1. The number of halogens is 1. The molecular formula is C30H23FN2O2. The monoisotopic (exact) mass is 462 g/mol. The first-order valence-corrected chi connectivity index (χ1v) is 11.3. The van der Waals surface area contributed by atoms with Crippen LogP contribution in [0.2, 0.25) is 0 Å². The highest BCUT2D eigenvalue weighted by Crippen LogP contribution is 2.32. The fraction of sp³-hybridized carbons (Fsp3) is 0.0667. The normalized spacial score (nSPS) is 10.8. The summed E-state index contributed by atoms with van der Waals surface area (Å²) in [6.07, 6.45) is 3.59. The van der Waals surface area contributed by atoms with Gasteiger partial charge in [-0.3, -0.25) is 9.78 Å². The average Bonchev–Trinajstić information content (AvgIpc) is 2.91. The number of aromatic nitrogens is 1. The quantitative estimate of drug-likeness (QED) is 0.307. The van der Waals surface area contributed by atoms with Gasteiger partial charge in [0.2, 0.25) is 0 Å². The Morgan fingerprint density at radius 2 is 1.63 bits per heavy atom. The van der Waals surface area contributed by atoms with E-state index in [0.717, 1.165) is 44.3 Å². The predicted molar refractivity (Wildman–Crippen MR) is 137 cm³/mol. The first-order chi connectivity index (χ1) is 17.1. The van der Waals surface area contributed by atoms with Gasteiger partial charge in [-0.15, -0.1) is 0 Å². The Hall–Kier alpha value is -4.51. The number of fused-ring (bicyclic) bond motifs is 1. The SMILES string of the molecule is COc1cccc(-c2ccc(CNC(=O)c3cccc(-c4cccc(F)c4)c3)c3cnccc23)c1. The van der Waals surface area contributed by atoms with E-state index >= 15 is 0 Å². The largest absolute Gasteiger partial charge is 0.497 e. The second-order valence-electron chi connectivity index (χ2n) is 8.20. The number of pyridine rings is 1. The van der Waals surface area contributed by atoms with Crippen molar-refractivity contribution in [2.75, 3.05) is 7.11 Å². The van der Waals surface area contributed by atoms with Gasteiger partial charge in [0.25, 0.3) is 5.91 Å². The van der Waals surface area contributed by atoms with Crippen molar-refractivity contribution in [3.05, 3.63) is 120 Å². The molecule has 0 spiro atoms. The molecule has 1 aromatic heterocycles. The smallest absolute Gasteiger partial charge is 0.251 e. The topological polar surface area (TPSA) is 51.2 Å². The number of hydrogen-bond acceptors (Lipinski definition) is 3. The zero-order valence-corrected chi connectivity index (χ0v) is 19.2. The third kappa shape index (κ3) is 4.75. The minimum absolute atomic E-state index is 0.197. The van der Waals surface area contributed by atoms with Crippen molar-refractivity contribution in [3.8, 4) is 28.0 Å². The van der Waals surface area contributed by atoms with Crippen LogP contribution in [0.3, 0.4) is 0 Å². The van der Waals surface area contributed by atoms with E-state index in [1.807, 2.05) is 54.7 Å². The van der Waals surface area contributed by atoms with E-state index < -0.39 is 0 Å². The van der Waals surface area contributed by atoms with Crippen LogP contribution in [-0.4, -0.2) is 18.0 Å². The van der Waals surface area contributed by atoms with Crippen molar-refractivity contribution >= 4 is 16.7 Å². The van der Waals surface area contributed by atoms with E-state index in [4.69, 9.17) is 4.74 Å². The van der Waals surface area contributed by atoms with Gasteiger partial charge in [0.05, 0.1) is 7.11 Å². The van der Waals surface area contributed by atoms with Gasteiger partial charge in [0.15, 0.2) is 0 Å². The Balaban J connectivity index is 1.40. The van der Waals surface area contributed by atoms with Gasteiger partial charge in [0, 0.05) is 29.9 Å². The first kappa shape index (κ1) is 22.3. The number of benzene rings is 4. The molecular weight excluding hydrogens is 439 g/mol. The molecule has 5 aromatic rings. The van der Waals surface area contributed by atoms with E-state index in [-0.39, 0.29) is 11.7 Å². The fourth-order valence-electron chi connectivity index (χ4n) is 4.23. The summed E-state index contributed by atoms with van der Waals surface area (Å²) in [5.41, 5.74) is 5.11. The van der Waals surface area contributed by atoms with Crippen molar-refractivity contribution in [1.82, 2.24) is 10.3 Å². The zero-order valence-electron chi connectivity index (χ0n) is 19.2. The highest BCUT2D eigenvalue weighted by atomic mass is 19.1. The molecule has 0 radical (unpaired) electrons. The maximum absolute atomic E-state index is 13.6. The summed E-state index contributed by atoms with van der Waals surface area (Å²) in [5, 5.41) is 5.04. The molecule has 0 aliphatic heterocycles. The molecule has 0 aliphatic carbocycles. The Morgan fingerprint density at radius 3 is 2.46 bits per heavy atom. The van der Waals surface area contributed by atoms with Crippen molar-refractivity contribution in [2.45, 2.75) is 6.54 Å². The summed E-state index contributed by atoms with van der Waals surface area (Å²) in [5.74, 6) is 0.286. The number of carbonyl (C=O) groups excluding carboxylic acids is 1. The average molecular weight is 463 g/mol. The third-order valence-electron chi connectivity index (χ3n) is 6.01. The van der Waals surface area contributed by atoms with Gasteiger partial charge in [-0.1, -0.05) is 48.5 Å². The highest BCUT2D eigenvalue weighted by Gasteiger charge is 2.12. The van der Waals surface area contributed by atoms with Crippen LogP contribution in [0.1, 0.15) is 15.9 Å². The van der Waals surface area contributed by atoms with Gasteiger partial charge in [-0.25, -0.2) is 4.39 Å². The summed E-state index contributed by atoms with van der Waals surface area (Å²) in [7, 11) is 1.65. The number of hydrogen-bond donors (Lipinski definition) is 1. The lowest BCUT2D eigenvalue weighted by atomic mass is 9.96. The number of rotatable bonds is 6. The second kappa shape index (κ2) is 9.77. The van der Waals surface area contributed by atoms with Gasteiger partial charge in [-0.2, -0.15) is 0 Å². The van der Waals surface area contributed by atoms with Gasteiger partial charge >= 0.3 is 0 Å². The molecule has 172 valence electrons. The lowest BCUT2D eigenvalue weighted by Gasteiger charge is -2.13. The Kier molecular flexibility index (Phi) is 6.22. The molecule has 5 rings (SSSR count). The highest BCUT2D eigenvalue weighted by molar-refractivity contribution is 5.99. The van der Waals surface area contributed by atoms with Crippen molar-refractivity contribution in [2.24, 2.45) is 0 Å². The molecule has 0 unspecified atom stereocenters. The number of methoxy groups -OCH3 is 1. The Morgan fingerprint density at radius 1 is 0.857 bits per heavy atom. The second-order valence-corrected chi connectivity index (χ2v) is 8.20. The van der Waals surface area contributed by atoms with Crippen LogP contribution in [0.4, 0.5) is 4.39 Å². The summed E-state index contributed by atoms with van der Waals surface area (Å²) in [6, 6.07) is 27.5. The number of nitrogens with zero attached hydrogens (tertiary/aromatic N) is 1. The Labute approximate surface area is 203 Å². The maximum Gasteiger partial charge on any atom is 0.251 e. The summed E-state index contributed by atoms with van der Waals surface area (Å²) in [6.45, 7) is 0.351. The standard InChI is InChI=1S/C30H23FN2O2/c1-35-26-10-4-7-22(17-26)27-12-11-24(29-19-32-14-13-28(27)29)18-33-30(34)23-8-2-5-20(15-23)21-6-3-9-25(31)16-21/h2-17,19H,18H2,1H3,(H,33,34). The van der Waals surface area contributed by atoms with Gasteiger partial charge in [0.1, 0.15) is 11.6 Å². The molecule has 0 fully saturated rings. The molecule has 1 amide bonds. The minimum Gasteiger partial charge on any atom is -0.497 e. The van der Waals surface area contributed by atoms with Gasteiger partial charge in [-0.05, 0) is 75.7 Å². The van der Waals surface area contributed by atoms with Crippen molar-refractivity contribution < 1.29 is 13.9 Å². The summed E-state index contributed by atoms with van der Waals surface area (Å²) < 4.78 is 19.0. The van der Waals surface area contributed by atoms with Crippen LogP contribution < -0.4 is 10.1 Å². The Bertz CT molecular complexity index is 1530. The molecule has 0 atom stereocenters. The minimum atomic E-state index is -0.310. The van der Waals surface area contributed by atoms with E-state index in [1.54, 1.807) is 37.6 Å². The molecule has 0 aliphatic rings. The first-order valence-electron chi connectivity index (χ1n) is 11.3. The number of amides is 1. The van der Waals surface area contributed by atoms with Crippen LogP contribution in [0, 0.1) is 5.82 Å². The predicted octanol–water partition coefficient (Wildman–Crippen LogP) is 6.65. The number of ether oxygens (including phenoxy) is 1. The van der Waals surface area contributed by atoms with Crippen molar-refractivity contribution in [3.63, 3.8) is 0 Å².